The number of hydrogen-bond donors (Lipinski definition) is 0. The average Bonchev–Trinajstić information content (AvgIpc) is 3.17. The van der Waals surface area contributed by atoms with Crippen molar-refractivity contribution in [2.24, 2.45) is 0 Å². The first-order chi connectivity index (χ1) is 10.3. The highest BCUT2D eigenvalue weighted by molar-refractivity contribution is 5.82. The summed E-state index contributed by atoms with van der Waals surface area (Å²) in [5.41, 5.74) is 1.25. The Hall–Kier alpha value is -1.39. The molecule has 1 aromatic carbocycles. The summed E-state index contributed by atoms with van der Waals surface area (Å²) in [6, 6.07) is 10.4. The van der Waals surface area contributed by atoms with Gasteiger partial charge in [-0.15, -0.1) is 0 Å². The van der Waals surface area contributed by atoms with Crippen LogP contribution in [0.5, 0.6) is 0 Å². The smallest absolute Gasteiger partial charge is 0.252 e. The van der Waals surface area contributed by atoms with Crippen LogP contribution in [0.25, 0.3) is 0 Å². The number of carbonyl (C=O) groups excluding carboxylic acids is 1. The third-order valence-corrected chi connectivity index (χ3v) is 4.56. The number of amides is 1. The van der Waals surface area contributed by atoms with Crippen LogP contribution in [0.3, 0.4) is 0 Å². The van der Waals surface area contributed by atoms with Gasteiger partial charge in [-0.2, -0.15) is 0 Å². The number of ether oxygens (including phenoxy) is 2. The molecule has 0 unspecified atom stereocenters. The maximum atomic E-state index is 12.7. The lowest BCUT2D eigenvalue weighted by atomic mass is 10.0. The molecule has 2 fully saturated rings. The number of rotatable bonds is 4. The minimum absolute atomic E-state index is 0.120. The Morgan fingerprint density at radius 3 is 2.81 bits per heavy atom. The van der Waals surface area contributed by atoms with Gasteiger partial charge in [0.05, 0.1) is 12.1 Å². The predicted octanol–water partition coefficient (Wildman–Crippen LogP) is 2.02. The lowest BCUT2D eigenvalue weighted by Gasteiger charge is -2.29. The summed E-state index contributed by atoms with van der Waals surface area (Å²) in [5, 5.41) is 0. The highest BCUT2D eigenvalue weighted by atomic mass is 16.5. The molecule has 2 aliphatic rings. The lowest BCUT2D eigenvalue weighted by molar-refractivity contribution is -0.142. The zero-order chi connectivity index (χ0) is 14.7. The highest BCUT2D eigenvalue weighted by Gasteiger charge is 2.40. The Morgan fingerprint density at radius 2 is 2.14 bits per heavy atom. The second kappa shape index (κ2) is 6.58. The molecule has 114 valence electrons. The average molecular weight is 289 g/mol. The van der Waals surface area contributed by atoms with E-state index in [1.54, 1.807) is 7.11 Å². The van der Waals surface area contributed by atoms with E-state index < -0.39 is 0 Å². The van der Waals surface area contributed by atoms with Gasteiger partial charge in [0, 0.05) is 20.3 Å². The monoisotopic (exact) mass is 289 g/mol. The van der Waals surface area contributed by atoms with Crippen molar-refractivity contribution in [3.05, 3.63) is 35.9 Å². The van der Waals surface area contributed by atoms with Crippen molar-refractivity contribution in [1.82, 2.24) is 4.90 Å². The predicted molar refractivity (Wildman–Crippen MR) is 80.0 cm³/mol. The molecule has 1 aromatic rings. The highest BCUT2D eigenvalue weighted by Crippen LogP contribution is 2.27. The number of carbonyl (C=O) groups is 1. The Kier molecular flexibility index (Phi) is 4.56. The van der Waals surface area contributed by atoms with E-state index in [9.17, 15) is 4.79 Å². The molecule has 0 spiro atoms. The van der Waals surface area contributed by atoms with Gasteiger partial charge in [0.25, 0.3) is 5.91 Å². The Bertz CT molecular complexity index is 470. The fourth-order valence-corrected chi connectivity index (χ4v) is 3.43. The maximum absolute atomic E-state index is 12.7. The lowest BCUT2D eigenvalue weighted by Crippen LogP contribution is -2.46. The zero-order valence-electron chi connectivity index (χ0n) is 12.5. The number of benzene rings is 1. The van der Waals surface area contributed by atoms with E-state index in [1.165, 1.54) is 5.56 Å². The fraction of sp³-hybridized carbons (Fsp3) is 0.588. The van der Waals surface area contributed by atoms with Gasteiger partial charge >= 0.3 is 0 Å². The van der Waals surface area contributed by atoms with E-state index in [1.807, 2.05) is 23.1 Å². The van der Waals surface area contributed by atoms with Gasteiger partial charge in [0.1, 0.15) is 6.10 Å². The molecule has 1 amide bonds. The molecule has 2 aliphatic heterocycles. The maximum Gasteiger partial charge on any atom is 0.252 e. The van der Waals surface area contributed by atoms with E-state index in [2.05, 4.69) is 12.1 Å². The Morgan fingerprint density at radius 1 is 1.33 bits per heavy atom. The van der Waals surface area contributed by atoms with Crippen LogP contribution in [-0.4, -0.2) is 49.3 Å². The molecule has 0 aliphatic carbocycles. The van der Waals surface area contributed by atoms with Crippen LogP contribution < -0.4 is 0 Å². The number of likely N-dealkylation sites (tertiary alicyclic amines) is 1. The molecule has 4 nitrogen and oxygen atoms in total. The molecule has 0 bridgehead atoms. The number of methoxy groups -OCH3 is 1. The van der Waals surface area contributed by atoms with Crippen molar-refractivity contribution < 1.29 is 14.3 Å². The summed E-state index contributed by atoms with van der Waals surface area (Å²) in [6.45, 7) is 1.48. The van der Waals surface area contributed by atoms with Crippen LogP contribution in [0, 0.1) is 0 Å². The van der Waals surface area contributed by atoms with Crippen molar-refractivity contribution in [2.75, 3.05) is 20.3 Å². The molecular weight excluding hydrogens is 266 g/mol. The molecule has 0 radical (unpaired) electrons. The Labute approximate surface area is 126 Å². The largest absolute Gasteiger partial charge is 0.379 e. The third-order valence-electron chi connectivity index (χ3n) is 4.56. The molecule has 0 N–H and O–H groups in total. The van der Waals surface area contributed by atoms with Crippen molar-refractivity contribution in [2.45, 2.75) is 43.9 Å². The first-order valence-corrected chi connectivity index (χ1v) is 7.78. The van der Waals surface area contributed by atoms with Crippen LogP contribution >= 0.6 is 0 Å². The number of nitrogens with zero attached hydrogens (tertiary/aromatic N) is 1. The molecule has 3 rings (SSSR count). The quantitative estimate of drug-likeness (QED) is 0.851. The van der Waals surface area contributed by atoms with E-state index in [0.29, 0.717) is 6.61 Å². The standard InChI is InChI=1S/C17H23NO3/c1-20-15-9-10-18(17(19)16-8-5-11-21-16)14(15)12-13-6-3-2-4-7-13/h2-4,6-7,14-16H,5,8-12H2,1H3/t14-,15-,16+/m0/s1. The summed E-state index contributed by atoms with van der Waals surface area (Å²) in [6.07, 6.45) is 3.48. The van der Waals surface area contributed by atoms with Crippen LogP contribution in [0.2, 0.25) is 0 Å². The summed E-state index contributed by atoms with van der Waals surface area (Å²) in [5.74, 6) is 0.146. The normalized spacial score (nSPS) is 29.0. The summed E-state index contributed by atoms with van der Waals surface area (Å²) in [7, 11) is 1.74. The van der Waals surface area contributed by atoms with Crippen LogP contribution in [0.15, 0.2) is 30.3 Å². The zero-order valence-corrected chi connectivity index (χ0v) is 12.5. The van der Waals surface area contributed by atoms with Gasteiger partial charge in [0.2, 0.25) is 0 Å². The second-order valence-corrected chi connectivity index (χ2v) is 5.85. The molecule has 4 heteroatoms. The van der Waals surface area contributed by atoms with Crippen molar-refractivity contribution >= 4 is 5.91 Å². The van der Waals surface area contributed by atoms with E-state index >= 15 is 0 Å². The van der Waals surface area contributed by atoms with Gasteiger partial charge in [-0.3, -0.25) is 4.79 Å². The third kappa shape index (κ3) is 3.11. The molecule has 2 heterocycles. The molecule has 21 heavy (non-hydrogen) atoms. The van der Waals surface area contributed by atoms with Crippen molar-refractivity contribution in [3.8, 4) is 0 Å². The molecular formula is C17H23NO3. The summed E-state index contributed by atoms with van der Waals surface area (Å²) >= 11 is 0. The molecule has 0 saturated carbocycles. The Balaban J connectivity index is 1.74. The van der Waals surface area contributed by atoms with Crippen LogP contribution in [-0.2, 0) is 20.7 Å². The fourth-order valence-electron chi connectivity index (χ4n) is 3.43. The van der Waals surface area contributed by atoms with E-state index in [-0.39, 0.29) is 24.2 Å². The van der Waals surface area contributed by atoms with Gasteiger partial charge in [-0.05, 0) is 31.2 Å². The second-order valence-electron chi connectivity index (χ2n) is 5.85. The van der Waals surface area contributed by atoms with Gasteiger partial charge in [-0.25, -0.2) is 0 Å². The van der Waals surface area contributed by atoms with Crippen molar-refractivity contribution in [1.29, 1.82) is 0 Å². The molecule has 3 atom stereocenters. The van der Waals surface area contributed by atoms with E-state index in [4.69, 9.17) is 9.47 Å². The first-order valence-electron chi connectivity index (χ1n) is 7.78. The van der Waals surface area contributed by atoms with Crippen molar-refractivity contribution in [3.63, 3.8) is 0 Å². The van der Waals surface area contributed by atoms with E-state index in [0.717, 1.165) is 32.2 Å². The molecule has 2 saturated heterocycles. The van der Waals surface area contributed by atoms with Gasteiger partial charge in [0.15, 0.2) is 0 Å². The number of hydrogen-bond acceptors (Lipinski definition) is 3. The minimum Gasteiger partial charge on any atom is -0.379 e. The topological polar surface area (TPSA) is 38.8 Å². The first kappa shape index (κ1) is 14.5. The molecule has 0 aromatic heterocycles. The SMILES string of the molecule is CO[C@H]1CCN(C(=O)[C@H]2CCCO2)[C@H]1Cc1ccccc1. The summed E-state index contributed by atoms with van der Waals surface area (Å²) in [4.78, 5) is 14.6. The van der Waals surface area contributed by atoms with Crippen LogP contribution in [0.4, 0.5) is 0 Å². The summed E-state index contributed by atoms with van der Waals surface area (Å²) < 4.78 is 11.2. The van der Waals surface area contributed by atoms with Gasteiger partial charge in [-0.1, -0.05) is 30.3 Å². The minimum atomic E-state index is -0.237. The van der Waals surface area contributed by atoms with Gasteiger partial charge < -0.3 is 14.4 Å². The van der Waals surface area contributed by atoms with Crippen LogP contribution in [0.1, 0.15) is 24.8 Å².